The van der Waals surface area contributed by atoms with Gasteiger partial charge in [0.1, 0.15) is 0 Å². The highest BCUT2D eigenvalue weighted by molar-refractivity contribution is 8.00. The van der Waals surface area contributed by atoms with Crippen molar-refractivity contribution in [1.29, 1.82) is 0 Å². The Labute approximate surface area is 158 Å². The molecule has 0 aliphatic heterocycles. The van der Waals surface area contributed by atoms with Crippen LogP contribution in [0.3, 0.4) is 0 Å². The molecule has 1 amide bonds. The lowest BCUT2D eigenvalue weighted by Gasteiger charge is -2.12. The van der Waals surface area contributed by atoms with Crippen molar-refractivity contribution in [3.8, 4) is 5.69 Å². The summed E-state index contributed by atoms with van der Waals surface area (Å²) in [5.74, 6) is 0.0325. The molecule has 26 heavy (non-hydrogen) atoms. The van der Waals surface area contributed by atoms with Gasteiger partial charge in [0.25, 0.3) is 0 Å². The standard InChI is InChI=1S/C21H23N3OS/c1-15-20(16(2)24(23-15)18-10-6-4-7-11-18)14-22-21(25)17(3)26-19-12-8-5-9-13-19/h4-13,17H,14H2,1-3H3,(H,22,25)/t17-/m0/s1. The van der Waals surface area contributed by atoms with Crippen LogP contribution >= 0.6 is 11.8 Å². The van der Waals surface area contributed by atoms with Gasteiger partial charge < -0.3 is 5.32 Å². The Hall–Kier alpha value is -2.53. The number of thioether (sulfide) groups is 1. The fourth-order valence-corrected chi connectivity index (χ4v) is 3.74. The Morgan fingerprint density at radius 3 is 2.35 bits per heavy atom. The molecule has 0 aliphatic carbocycles. The maximum Gasteiger partial charge on any atom is 0.233 e. The van der Waals surface area contributed by atoms with E-state index in [2.05, 4.69) is 10.4 Å². The lowest BCUT2D eigenvalue weighted by molar-refractivity contribution is -0.120. The lowest BCUT2D eigenvalue weighted by atomic mass is 10.2. The van der Waals surface area contributed by atoms with Crippen LogP contribution in [0.15, 0.2) is 65.6 Å². The van der Waals surface area contributed by atoms with E-state index >= 15 is 0 Å². The molecule has 0 aliphatic rings. The van der Waals surface area contributed by atoms with Crippen molar-refractivity contribution >= 4 is 17.7 Å². The van der Waals surface area contributed by atoms with Gasteiger partial charge in [0.05, 0.1) is 16.6 Å². The maximum absolute atomic E-state index is 12.5. The van der Waals surface area contributed by atoms with E-state index in [0.29, 0.717) is 6.54 Å². The zero-order valence-electron chi connectivity index (χ0n) is 15.3. The highest BCUT2D eigenvalue weighted by Crippen LogP contribution is 2.23. The number of carbonyl (C=O) groups excluding carboxylic acids is 1. The van der Waals surface area contributed by atoms with E-state index in [0.717, 1.165) is 27.5 Å². The average molecular weight is 366 g/mol. The average Bonchev–Trinajstić information content (AvgIpc) is 2.95. The van der Waals surface area contributed by atoms with Gasteiger partial charge in [-0.2, -0.15) is 5.10 Å². The topological polar surface area (TPSA) is 46.9 Å². The number of rotatable bonds is 6. The molecule has 3 aromatic rings. The van der Waals surface area contributed by atoms with Crippen LogP contribution < -0.4 is 5.32 Å². The molecule has 0 saturated heterocycles. The van der Waals surface area contributed by atoms with Crippen molar-refractivity contribution in [2.45, 2.75) is 37.5 Å². The first-order valence-electron chi connectivity index (χ1n) is 8.66. The fourth-order valence-electron chi connectivity index (χ4n) is 2.83. The Kier molecular flexibility index (Phi) is 5.78. The molecule has 0 bridgehead atoms. The van der Waals surface area contributed by atoms with E-state index < -0.39 is 0 Å². The van der Waals surface area contributed by atoms with E-state index in [9.17, 15) is 4.79 Å². The molecule has 2 aromatic carbocycles. The molecule has 1 N–H and O–H groups in total. The Balaban J connectivity index is 1.66. The smallest absolute Gasteiger partial charge is 0.233 e. The number of nitrogens with one attached hydrogen (secondary N) is 1. The molecular weight excluding hydrogens is 342 g/mol. The third-order valence-electron chi connectivity index (χ3n) is 4.31. The molecule has 1 aromatic heterocycles. The van der Waals surface area contributed by atoms with Crippen molar-refractivity contribution < 1.29 is 4.79 Å². The summed E-state index contributed by atoms with van der Waals surface area (Å²) < 4.78 is 1.93. The van der Waals surface area contributed by atoms with Crippen LogP contribution in [0.4, 0.5) is 0 Å². The van der Waals surface area contributed by atoms with Crippen molar-refractivity contribution in [1.82, 2.24) is 15.1 Å². The van der Waals surface area contributed by atoms with Crippen LogP contribution in [-0.2, 0) is 11.3 Å². The van der Waals surface area contributed by atoms with Crippen LogP contribution in [0.25, 0.3) is 5.69 Å². The van der Waals surface area contributed by atoms with E-state index in [1.165, 1.54) is 0 Å². The summed E-state index contributed by atoms with van der Waals surface area (Å²) in [5, 5.41) is 7.53. The van der Waals surface area contributed by atoms with Gasteiger partial charge in [0, 0.05) is 22.7 Å². The third-order valence-corrected chi connectivity index (χ3v) is 5.42. The van der Waals surface area contributed by atoms with Crippen molar-refractivity contribution in [2.75, 3.05) is 0 Å². The maximum atomic E-state index is 12.5. The Bertz CT molecular complexity index is 875. The van der Waals surface area contributed by atoms with Crippen molar-refractivity contribution in [2.24, 2.45) is 0 Å². The van der Waals surface area contributed by atoms with Crippen molar-refractivity contribution in [3.63, 3.8) is 0 Å². The number of benzene rings is 2. The van der Waals surface area contributed by atoms with Gasteiger partial charge in [-0.25, -0.2) is 4.68 Å². The second kappa shape index (κ2) is 8.23. The third kappa shape index (κ3) is 4.17. The van der Waals surface area contributed by atoms with Gasteiger partial charge in [-0.05, 0) is 45.0 Å². The van der Waals surface area contributed by atoms with Crippen molar-refractivity contribution in [3.05, 3.63) is 77.6 Å². The molecule has 4 nitrogen and oxygen atoms in total. The second-order valence-corrected chi connectivity index (χ2v) is 7.60. The highest BCUT2D eigenvalue weighted by Gasteiger charge is 2.17. The van der Waals surface area contributed by atoms with Crippen LogP contribution in [0.2, 0.25) is 0 Å². The number of para-hydroxylation sites is 1. The van der Waals surface area contributed by atoms with Gasteiger partial charge in [0.15, 0.2) is 0 Å². The number of aryl methyl sites for hydroxylation is 1. The highest BCUT2D eigenvalue weighted by atomic mass is 32.2. The fraction of sp³-hybridized carbons (Fsp3) is 0.238. The van der Waals surface area contributed by atoms with Crippen LogP contribution in [-0.4, -0.2) is 20.9 Å². The molecule has 0 spiro atoms. The van der Waals surface area contributed by atoms with E-state index in [-0.39, 0.29) is 11.2 Å². The minimum atomic E-state index is -0.151. The predicted octanol–water partition coefficient (Wildman–Crippen LogP) is 4.29. The molecular formula is C21H23N3OS. The molecule has 0 unspecified atom stereocenters. The molecule has 5 heteroatoms. The molecule has 0 saturated carbocycles. The SMILES string of the molecule is Cc1nn(-c2ccccc2)c(C)c1CNC(=O)[C@H](C)Sc1ccccc1. The minimum absolute atomic E-state index is 0.0325. The number of carbonyl (C=O) groups is 1. The van der Waals surface area contributed by atoms with Gasteiger partial charge >= 0.3 is 0 Å². The number of hydrogen-bond donors (Lipinski definition) is 1. The predicted molar refractivity (Wildman–Crippen MR) is 107 cm³/mol. The zero-order valence-corrected chi connectivity index (χ0v) is 16.1. The number of hydrogen-bond acceptors (Lipinski definition) is 3. The molecule has 1 heterocycles. The number of aromatic nitrogens is 2. The Morgan fingerprint density at radius 1 is 1.08 bits per heavy atom. The molecule has 1 atom stereocenters. The zero-order chi connectivity index (χ0) is 18.5. The largest absolute Gasteiger partial charge is 0.351 e. The molecule has 0 radical (unpaired) electrons. The quantitative estimate of drug-likeness (QED) is 0.663. The first-order chi connectivity index (χ1) is 12.6. The van der Waals surface area contributed by atoms with Gasteiger partial charge in [0.2, 0.25) is 5.91 Å². The summed E-state index contributed by atoms with van der Waals surface area (Å²) >= 11 is 1.56. The number of amides is 1. The monoisotopic (exact) mass is 365 g/mol. The molecule has 3 rings (SSSR count). The summed E-state index contributed by atoms with van der Waals surface area (Å²) in [6, 6.07) is 20.0. The van der Waals surface area contributed by atoms with Gasteiger partial charge in [-0.3, -0.25) is 4.79 Å². The summed E-state index contributed by atoms with van der Waals surface area (Å²) in [6.07, 6.45) is 0. The summed E-state index contributed by atoms with van der Waals surface area (Å²) in [5.41, 5.74) is 4.09. The first-order valence-corrected chi connectivity index (χ1v) is 9.54. The number of nitrogens with zero attached hydrogens (tertiary/aromatic N) is 2. The summed E-state index contributed by atoms with van der Waals surface area (Å²) in [7, 11) is 0. The van der Waals surface area contributed by atoms with E-state index in [1.54, 1.807) is 11.8 Å². The Morgan fingerprint density at radius 2 is 1.69 bits per heavy atom. The summed E-state index contributed by atoms with van der Waals surface area (Å²) in [6.45, 7) is 6.44. The van der Waals surface area contributed by atoms with E-state index in [4.69, 9.17) is 0 Å². The second-order valence-electron chi connectivity index (χ2n) is 6.19. The van der Waals surface area contributed by atoms with E-state index in [1.807, 2.05) is 86.1 Å². The van der Waals surface area contributed by atoms with Gasteiger partial charge in [-0.15, -0.1) is 11.8 Å². The summed E-state index contributed by atoms with van der Waals surface area (Å²) in [4.78, 5) is 13.6. The minimum Gasteiger partial charge on any atom is -0.351 e. The lowest BCUT2D eigenvalue weighted by Crippen LogP contribution is -2.30. The van der Waals surface area contributed by atoms with Crippen LogP contribution in [0.1, 0.15) is 23.9 Å². The van der Waals surface area contributed by atoms with Crippen LogP contribution in [0.5, 0.6) is 0 Å². The first kappa shape index (κ1) is 18.3. The van der Waals surface area contributed by atoms with Gasteiger partial charge in [-0.1, -0.05) is 36.4 Å². The molecule has 134 valence electrons. The normalized spacial score (nSPS) is 12.0. The molecule has 0 fully saturated rings. The van der Waals surface area contributed by atoms with Crippen LogP contribution in [0, 0.1) is 13.8 Å².